The fourth-order valence-electron chi connectivity index (χ4n) is 2.69. The van der Waals surface area contributed by atoms with Gasteiger partial charge in [0, 0.05) is 27.5 Å². The lowest BCUT2D eigenvalue weighted by Gasteiger charge is -2.14. The van der Waals surface area contributed by atoms with Crippen LogP contribution in [0.4, 0.5) is 11.4 Å². The Labute approximate surface area is 163 Å². The van der Waals surface area contributed by atoms with Crippen LogP contribution < -0.4 is 17.7 Å². The van der Waals surface area contributed by atoms with E-state index in [2.05, 4.69) is 10.3 Å². The van der Waals surface area contributed by atoms with Gasteiger partial charge in [0.15, 0.2) is 0 Å². The summed E-state index contributed by atoms with van der Waals surface area (Å²) in [5, 5.41) is 4.98. The van der Waals surface area contributed by atoms with Crippen LogP contribution in [0.5, 0.6) is 0 Å². The summed E-state index contributed by atoms with van der Waals surface area (Å²) >= 11 is 6.22. The molecule has 0 atom stereocenters. The highest BCUT2D eigenvalue weighted by Crippen LogP contribution is 2.31. The molecule has 136 valence electrons. The molecule has 0 fully saturated rings. The van der Waals surface area contributed by atoms with Gasteiger partial charge < -0.3 is 22.5 Å². The van der Waals surface area contributed by atoms with Gasteiger partial charge in [0.05, 0.1) is 17.7 Å². The van der Waals surface area contributed by atoms with Crippen molar-refractivity contribution in [3.63, 3.8) is 0 Å². The van der Waals surface area contributed by atoms with E-state index in [0.29, 0.717) is 17.2 Å². The molecule has 4 nitrogen and oxygen atoms in total. The second kappa shape index (κ2) is 8.39. The van der Waals surface area contributed by atoms with E-state index >= 15 is 0 Å². The van der Waals surface area contributed by atoms with Crippen molar-refractivity contribution in [3.05, 3.63) is 64.3 Å². The van der Waals surface area contributed by atoms with Gasteiger partial charge in [-0.2, -0.15) is 0 Å². The zero-order valence-corrected chi connectivity index (χ0v) is 16.3. The van der Waals surface area contributed by atoms with Crippen molar-refractivity contribution in [1.29, 1.82) is 0 Å². The minimum absolute atomic E-state index is 0. The Morgan fingerprint density at radius 1 is 1.15 bits per heavy atom. The predicted octanol–water partition coefficient (Wildman–Crippen LogP) is 2.43. The number of ether oxygens (including phenoxy) is 1. The first kappa shape index (κ1) is 20.0. The van der Waals surface area contributed by atoms with Crippen LogP contribution in [0.15, 0.2) is 42.5 Å². The van der Waals surface area contributed by atoms with Gasteiger partial charge in [-0.3, -0.25) is 4.98 Å². The van der Waals surface area contributed by atoms with Crippen LogP contribution in [0.1, 0.15) is 28.5 Å². The SMILES string of the molecule is CCOC(=O)c1ccc2nc(C)cc(Nc3cccc(Cl)c3C)c2c1.[Cl-]. The maximum atomic E-state index is 12.0. The molecule has 0 spiro atoms. The molecule has 0 saturated heterocycles. The molecular weight excluding hydrogens is 371 g/mol. The van der Waals surface area contributed by atoms with E-state index in [1.165, 1.54) is 0 Å². The molecule has 1 N–H and O–H groups in total. The second-order valence-electron chi connectivity index (χ2n) is 5.80. The van der Waals surface area contributed by atoms with Gasteiger partial charge in [-0.05, 0) is 62.7 Å². The molecule has 0 unspecified atom stereocenters. The summed E-state index contributed by atoms with van der Waals surface area (Å²) in [7, 11) is 0. The van der Waals surface area contributed by atoms with Crippen LogP contribution in [0.25, 0.3) is 10.9 Å². The molecule has 0 saturated carbocycles. The average Bonchev–Trinajstić information content (AvgIpc) is 2.58. The molecule has 3 aromatic rings. The average molecular weight is 390 g/mol. The van der Waals surface area contributed by atoms with Crippen molar-refractivity contribution in [3.8, 4) is 0 Å². The summed E-state index contributed by atoms with van der Waals surface area (Å²) < 4.78 is 5.10. The molecule has 1 heterocycles. The number of hydrogen-bond acceptors (Lipinski definition) is 4. The number of pyridine rings is 1. The second-order valence-corrected chi connectivity index (χ2v) is 6.21. The van der Waals surface area contributed by atoms with E-state index in [4.69, 9.17) is 16.3 Å². The smallest absolute Gasteiger partial charge is 0.338 e. The number of fused-ring (bicyclic) bond motifs is 1. The number of anilines is 2. The number of aryl methyl sites for hydroxylation is 1. The van der Waals surface area contributed by atoms with Crippen LogP contribution in [0.2, 0.25) is 5.02 Å². The van der Waals surface area contributed by atoms with Crippen LogP contribution in [-0.2, 0) is 4.74 Å². The fourth-order valence-corrected chi connectivity index (χ4v) is 2.87. The largest absolute Gasteiger partial charge is 1.00 e. The Kier molecular flexibility index (Phi) is 6.46. The molecule has 1 aromatic heterocycles. The highest BCUT2D eigenvalue weighted by Gasteiger charge is 2.12. The Morgan fingerprint density at radius 3 is 2.65 bits per heavy atom. The summed E-state index contributed by atoms with van der Waals surface area (Å²) in [6, 6.07) is 13.1. The summed E-state index contributed by atoms with van der Waals surface area (Å²) in [5.74, 6) is -0.338. The van der Waals surface area contributed by atoms with Crippen LogP contribution in [-0.4, -0.2) is 17.6 Å². The number of nitrogens with one attached hydrogen (secondary N) is 1. The zero-order valence-electron chi connectivity index (χ0n) is 14.8. The summed E-state index contributed by atoms with van der Waals surface area (Å²) in [6.07, 6.45) is 0. The Bertz CT molecular complexity index is 958. The summed E-state index contributed by atoms with van der Waals surface area (Å²) in [4.78, 5) is 16.6. The maximum Gasteiger partial charge on any atom is 0.338 e. The number of nitrogens with zero attached hydrogens (tertiary/aromatic N) is 1. The topological polar surface area (TPSA) is 51.2 Å². The molecule has 6 heteroatoms. The van der Waals surface area contributed by atoms with Gasteiger partial charge in [0.25, 0.3) is 0 Å². The molecule has 0 radical (unpaired) electrons. The monoisotopic (exact) mass is 389 g/mol. The van der Waals surface area contributed by atoms with Gasteiger partial charge in [-0.1, -0.05) is 17.7 Å². The summed E-state index contributed by atoms with van der Waals surface area (Å²) in [5.41, 5.74) is 4.97. The van der Waals surface area contributed by atoms with Crippen molar-refractivity contribution < 1.29 is 21.9 Å². The van der Waals surface area contributed by atoms with E-state index < -0.39 is 0 Å². The Hall–Kier alpha value is -2.30. The number of aromatic nitrogens is 1. The van der Waals surface area contributed by atoms with Gasteiger partial charge in [0.2, 0.25) is 0 Å². The van der Waals surface area contributed by atoms with Crippen LogP contribution >= 0.6 is 11.6 Å². The summed E-state index contributed by atoms with van der Waals surface area (Å²) in [6.45, 7) is 6.04. The molecule has 0 aliphatic rings. The Morgan fingerprint density at radius 2 is 1.92 bits per heavy atom. The minimum Gasteiger partial charge on any atom is -1.00 e. The number of carbonyl (C=O) groups excluding carboxylic acids is 1. The molecular formula is C20H19Cl2N2O2-. The quantitative estimate of drug-likeness (QED) is 0.696. The third-order valence-corrected chi connectivity index (χ3v) is 4.39. The van der Waals surface area contributed by atoms with Gasteiger partial charge in [0.1, 0.15) is 0 Å². The van der Waals surface area contributed by atoms with Crippen LogP contribution in [0.3, 0.4) is 0 Å². The molecule has 2 aromatic carbocycles. The molecule has 26 heavy (non-hydrogen) atoms. The normalized spacial score (nSPS) is 10.3. The van der Waals surface area contributed by atoms with Crippen molar-refractivity contribution >= 4 is 39.8 Å². The molecule has 0 aliphatic heterocycles. The third-order valence-electron chi connectivity index (χ3n) is 3.98. The van der Waals surface area contributed by atoms with Gasteiger partial charge in [-0.25, -0.2) is 4.79 Å². The first-order valence-electron chi connectivity index (χ1n) is 8.10. The number of halogens is 2. The molecule has 0 amide bonds. The van der Waals surface area contributed by atoms with E-state index in [9.17, 15) is 4.79 Å². The van der Waals surface area contributed by atoms with Crippen molar-refractivity contribution in [2.24, 2.45) is 0 Å². The number of rotatable bonds is 4. The zero-order chi connectivity index (χ0) is 18.0. The minimum atomic E-state index is -0.338. The van der Waals surface area contributed by atoms with Gasteiger partial charge in [-0.15, -0.1) is 0 Å². The lowest BCUT2D eigenvalue weighted by Crippen LogP contribution is -3.00. The predicted molar refractivity (Wildman–Crippen MR) is 102 cm³/mol. The van der Waals surface area contributed by atoms with Crippen molar-refractivity contribution in [2.45, 2.75) is 20.8 Å². The first-order valence-corrected chi connectivity index (χ1v) is 8.48. The molecule has 0 bridgehead atoms. The number of hydrogen-bond donors (Lipinski definition) is 1. The lowest BCUT2D eigenvalue weighted by atomic mass is 10.1. The van der Waals surface area contributed by atoms with E-state index in [1.807, 2.05) is 50.2 Å². The Balaban J connectivity index is 0.00000243. The van der Waals surface area contributed by atoms with Crippen LogP contribution in [0, 0.1) is 13.8 Å². The number of esters is 1. The molecule has 0 aliphatic carbocycles. The standard InChI is InChI=1S/C20H19ClN2O2.ClH/c1-4-25-20(24)14-8-9-18-15(11-14)19(10-12(2)22-18)23-17-7-5-6-16(21)13(17)3;/h5-11H,4H2,1-3H3,(H,22,23);1H/p-1. The number of carbonyl (C=O) groups is 1. The third kappa shape index (κ3) is 4.09. The maximum absolute atomic E-state index is 12.0. The first-order chi connectivity index (χ1) is 12.0. The van der Waals surface area contributed by atoms with E-state index in [0.717, 1.165) is 33.5 Å². The lowest BCUT2D eigenvalue weighted by molar-refractivity contribution is -0.0000231. The molecule has 3 rings (SSSR count). The fraction of sp³-hybridized carbons (Fsp3) is 0.200. The highest BCUT2D eigenvalue weighted by molar-refractivity contribution is 6.31. The van der Waals surface area contributed by atoms with Crippen molar-refractivity contribution in [2.75, 3.05) is 11.9 Å². The van der Waals surface area contributed by atoms with Gasteiger partial charge >= 0.3 is 5.97 Å². The van der Waals surface area contributed by atoms with E-state index in [-0.39, 0.29) is 18.4 Å². The highest BCUT2D eigenvalue weighted by atomic mass is 35.5. The van der Waals surface area contributed by atoms with Crippen molar-refractivity contribution in [1.82, 2.24) is 4.98 Å². The van der Waals surface area contributed by atoms with E-state index in [1.54, 1.807) is 13.0 Å². The number of benzene rings is 2.